The fourth-order valence-corrected chi connectivity index (χ4v) is 3.16. The van der Waals surface area contributed by atoms with Crippen LogP contribution in [0.15, 0.2) is 72.9 Å². The second-order valence-corrected chi connectivity index (χ2v) is 6.56. The molecule has 0 spiro atoms. The molecule has 148 valence electrons. The summed E-state index contributed by atoms with van der Waals surface area (Å²) in [5.41, 5.74) is 7.48. The summed E-state index contributed by atoms with van der Waals surface area (Å²) in [6.07, 6.45) is -3.06. The minimum Gasteiger partial charge on any atom is -0.397 e. The largest absolute Gasteiger partial charge is 0.412 e. The lowest BCUT2D eigenvalue weighted by Gasteiger charge is -2.24. The Bertz CT molecular complexity index is 1150. The fraction of sp³-hybridized carbons (Fsp3) is 0.0952. The van der Waals surface area contributed by atoms with Crippen LogP contribution in [0.1, 0.15) is 11.6 Å². The molecule has 0 bridgehead atoms. The van der Waals surface area contributed by atoms with Gasteiger partial charge in [-0.3, -0.25) is 0 Å². The lowest BCUT2D eigenvalue weighted by molar-refractivity contribution is -0.143. The molecule has 8 heteroatoms. The highest BCUT2D eigenvalue weighted by Gasteiger charge is 2.41. The van der Waals surface area contributed by atoms with Crippen LogP contribution in [0.25, 0.3) is 16.6 Å². The maximum Gasteiger partial charge on any atom is 0.412 e. The van der Waals surface area contributed by atoms with Crippen LogP contribution in [-0.2, 0) is 0 Å². The molecular formula is C21H16F4N4. The van der Waals surface area contributed by atoms with E-state index in [1.807, 2.05) is 0 Å². The van der Waals surface area contributed by atoms with E-state index >= 15 is 0 Å². The number of nitrogens with zero attached hydrogens (tertiary/aromatic N) is 2. The van der Waals surface area contributed by atoms with E-state index in [1.165, 1.54) is 42.6 Å². The van der Waals surface area contributed by atoms with Crippen molar-refractivity contribution in [2.24, 2.45) is 0 Å². The van der Waals surface area contributed by atoms with E-state index in [1.54, 1.807) is 35.0 Å². The molecule has 1 aromatic heterocycles. The predicted molar refractivity (Wildman–Crippen MR) is 104 cm³/mol. The normalized spacial score (nSPS) is 12.8. The van der Waals surface area contributed by atoms with Crippen molar-refractivity contribution in [2.75, 3.05) is 11.1 Å². The molecule has 0 aliphatic heterocycles. The summed E-state index contributed by atoms with van der Waals surface area (Å²) in [5.74, 6) is -0.383. The van der Waals surface area contributed by atoms with Gasteiger partial charge in [0.15, 0.2) is 0 Å². The lowest BCUT2D eigenvalue weighted by atomic mass is 10.0. The van der Waals surface area contributed by atoms with Crippen LogP contribution in [0.5, 0.6) is 0 Å². The standard InChI is InChI=1S/C21H16F4N4/c22-15-6-8-16(9-7-15)29-19-10-5-13(11-14(19)12-27-29)20(21(23,24)25)28-18-4-2-1-3-17(18)26/h1-12,20,28H,26H2. The number of hydrogen-bond acceptors (Lipinski definition) is 3. The van der Waals surface area contributed by atoms with E-state index in [0.29, 0.717) is 16.6 Å². The van der Waals surface area contributed by atoms with Crippen LogP contribution < -0.4 is 11.1 Å². The average Bonchev–Trinajstić information content (AvgIpc) is 3.10. The summed E-state index contributed by atoms with van der Waals surface area (Å²) in [6.45, 7) is 0. The maximum atomic E-state index is 13.8. The van der Waals surface area contributed by atoms with Gasteiger partial charge >= 0.3 is 6.18 Å². The zero-order valence-electron chi connectivity index (χ0n) is 15.0. The van der Waals surface area contributed by atoms with Crippen LogP contribution >= 0.6 is 0 Å². The summed E-state index contributed by atoms with van der Waals surface area (Å²) in [6, 6.07) is 14.5. The number of hydrogen-bond donors (Lipinski definition) is 2. The molecule has 0 amide bonds. The van der Waals surface area contributed by atoms with Gasteiger partial charge in [-0.05, 0) is 54.1 Å². The number of benzene rings is 3. The molecule has 1 atom stereocenters. The van der Waals surface area contributed by atoms with Crippen LogP contribution in [0.3, 0.4) is 0 Å². The Morgan fingerprint density at radius 1 is 0.966 bits per heavy atom. The van der Waals surface area contributed by atoms with Gasteiger partial charge in [0.1, 0.15) is 11.9 Å². The van der Waals surface area contributed by atoms with Crippen molar-refractivity contribution in [1.82, 2.24) is 9.78 Å². The van der Waals surface area contributed by atoms with Crippen molar-refractivity contribution in [2.45, 2.75) is 12.2 Å². The summed E-state index contributed by atoms with van der Waals surface area (Å²) in [4.78, 5) is 0. The first-order chi connectivity index (χ1) is 13.8. The quantitative estimate of drug-likeness (QED) is 0.353. The van der Waals surface area contributed by atoms with Crippen molar-refractivity contribution < 1.29 is 17.6 Å². The van der Waals surface area contributed by atoms with E-state index in [4.69, 9.17) is 5.73 Å². The van der Waals surface area contributed by atoms with Gasteiger partial charge in [0.25, 0.3) is 0 Å². The number of anilines is 2. The fourth-order valence-electron chi connectivity index (χ4n) is 3.16. The molecule has 3 aromatic carbocycles. The van der Waals surface area contributed by atoms with Crippen molar-refractivity contribution in [3.05, 3.63) is 84.3 Å². The average molecular weight is 400 g/mol. The van der Waals surface area contributed by atoms with Gasteiger partial charge in [0.2, 0.25) is 0 Å². The van der Waals surface area contributed by atoms with Crippen molar-refractivity contribution in [3.63, 3.8) is 0 Å². The zero-order valence-corrected chi connectivity index (χ0v) is 15.0. The number of nitrogens with one attached hydrogen (secondary N) is 1. The number of nitrogen functional groups attached to an aromatic ring is 1. The third-order valence-corrected chi connectivity index (χ3v) is 4.58. The number of halogens is 4. The Balaban J connectivity index is 1.73. The van der Waals surface area contributed by atoms with E-state index < -0.39 is 12.2 Å². The van der Waals surface area contributed by atoms with E-state index in [0.717, 1.165) is 0 Å². The molecule has 0 aliphatic rings. The Hall–Kier alpha value is -3.55. The molecular weight excluding hydrogens is 384 g/mol. The van der Waals surface area contributed by atoms with Crippen LogP contribution in [0.2, 0.25) is 0 Å². The minimum absolute atomic E-state index is 0.0342. The first kappa shape index (κ1) is 18.8. The molecule has 3 N–H and O–H groups in total. The highest BCUT2D eigenvalue weighted by Crippen LogP contribution is 2.38. The van der Waals surface area contributed by atoms with Crippen LogP contribution in [0, 0.1) is 5.82 Å². The predicted octanol–water partition coefficient (Wildman–Crippen LogP) is 5.46. The monoisotopic (exact) mass is 400 g/mol. The van der Waals surface area contributed by atoms with Gasteiger partial charge in [-0.25, -0.2) is 9.07 Å². The van der Waals surface area contributed by atoms with Crippen molar-refractivity contribution in [1.29, 1.82) is 0 Å². The molecule has 1 unspecified atom stereocenters. The van der Waals surface area contributed by atoms with E-state index in [9.17, 15) is 17.6 Å². The summed E-state index contributed by atoms with van der Waals surface area (Å²) >= 11 is 0. The van der Waals surface area contributed by atoms with Gasteiger partial charge in [-0.1, -0.05) is 18.2 Å². The van der Waals surface area contributed by atoms with Crippen LogP contribution in [-0.4, -0.2) is 16.0 Å². The molecule has 4 nitrogen and oxygen atoms in total. The molecule has 0 aliphatic carbocycles. The molecule has 4 aromatic rings. The summed E-state index contributed by atoms with van der Waals surface area (Å²) < 4.78 is 56.0. The topological polar surface area (TPSA) is 55.9 Å². The summed E-state index contributed by atoms with van der Waals surface area (Å²) in [7, 11) is 0. The number of nitrogens with two attached hydrogens (primary N) is 1. The summed E-state index contributed by atoms with van der Waals surface area (Å²) in [5, 5.41) is 7.25. The van der Waals surface area contributed by atoms with E-state index in [2.05, 4.69) is 10.4 Å². The third-order valence-electron chi connectivity index (χ3n) is 4.58. The second kappa shape index (κ2) is 7.12. The van der Waals surface area contributed by atoms with Gasteiger partial charge < -0.3 is 11.1 Å². The third kappa shape index (κ3) is 3.73. The molecule has 0 saturated carbocycles. The first-order valence-corrected chi connectivity index (χ1v) is 8.74. The van der Waals surface area contributed by atoms with E-state index in [-0.39, 0.29) is 22.8 Å². The Morgan fingerprint density at radius 3 is 2.38 bits per heavy atom. The maximum absolute atomic E-state index is 13.8. The number of alkyl halides is 3. The van der Waals surface area contributed by atoms with Gasteiger partial charge in [0, 0.05) is 5.39 Å². The van der Waals surface area contributed by atoms with Gasteiger partial charge in [-0.2, -0.15) is 18.3 Å². The Kier molecular flexibility index (Phi) is 4.62. The molecule has 4 rings (SSSR count). The van der Waals surface area contributed by atoms with Gasteiger partial charge in [-0.15, -0.1) is 0 Å². The Labute approximate surface area is 163 Å². The molecule has 0 fully saturated rings. The van der Waals surface area contributed by atoms with Gasteiger partial charge in [0.05, 0.1) is 28.8 Å². The SMILES string of the molecule is Nc1ccccc1NC(c1ccc2c(cnn2-c2ccc(F)cc2)c1)C(F)(F)F. The number of aromatic nitrogens is 2. The second-order valence-electron chi connectivity index (χ2n) is 6.56. The minimum atomic E-state index is -4.54. The van der Waals surface area contributed by atoms with Crippen molar-refractivity contribution >= 4 is 22.3 Å². The number of fused-ring (bicyclic) bond motifs is 1. The highest BCUT2D eigenvalue weighted by atomic mass is 19.4. The molecule has 0 radical (unpaired) electrons. The molecule has 0 saturated heterocycles. The number of rotatable bonds is 4. The zero-order chi connectivity index (χ0) is 20.6. The molecule has 29 heavy (non-hydrogen) atoms. The number of para-hydroxylation sites is 2. The first-order valence-electron chi connectivity index (χ1n) is 8.74. The molecule has 1 heterocycles. The Morgan fingerprint density at radius 2 is 1.69 bits per heavy atom. The highest BCUT2D eigenvalue weighted by molar-refractivity contribution is 5.81. The smallest absolute Gasteiger partial charge is 0.397 e. The van der Waals surface area contributed by atoms with Crippen molar-refractivity contribution in [3.8, 4) is 5.69 Å². The van der Waals surface area contributed by atoms with Crippen LogP contribution in [0.4, 0.5) is 28.9 Å². The lowest BCUT2D eigenvalue weighted by Crippen LogP contribution is -2.28.